The zero-order valence-corrected chi connectivity index (χ0v) is 14.3. The van der Waals surface area contributed by atoms with Gasteiger partial charge in [0, 0.05) is 18.0 Å². The van der Waals surface area contributed by atoms with Crippen LogP contribution in [0.3, 0.4) is 0 Å². The highest BCUT2D eigenvalue weighted by Gasteiger charge is 2.28. The number of methoxy groups -OCH3 is 1. The fourth-order valence-electron chi connectivity index (χ4n) is 2.88. The number of carbonyl (C=O) groups is 1. The van der Waals surface area contributed by atoms with Gasteiger partial charge in [0.25, 0.3) is 5.91 Å². The lowest BCUT2D eigenvalue weighted by atomic mass is 10.1. The molecule has 24 heavy (non-hydrogen) atoms. The summed E-state index contributed by atoms with van der Waals surface area (Å²) in [7, 11) is 1.67. The topological polar surface area (TPSA) is 47.6 Å². The molecule has 2 aromatic carbocycles. The molecule has 1 amide bonds. The van der Waals surface area contributed by atoms with E-state index in [4.69, 9.17) is 21.1 Å². The molecule has 5 heteroatoms. The number of para-hydroxylation sites is 1. The fraction of sp³-hybridized carbons (Fsp3) is 0.316. The third-order valence-electron chi connectivity index (χ3n) is 4.10. The monoisotopic (exact) mass is 345 g/mol. The molecule has 0 unspecified atom stereocenters. The predicted octanol–water partition coefficient (Wildman–Crippen LogP) is 3.40. The van der Waals surface area contributed by atoms with Crippen molar-refractivity contribution in [1.29, 1.82) is 0 Å². The Balaban J connectivity index is 1.45. The van der Waals surface area contributed by atoms with E-state index in [1.165, 1.54) is 0 Å². The van der Waals surface area contributed by atoms with Crippen molar-refractivity contribution >= 4 is 17.5 Å². The summed E-state index contributed by atoms with van der Waals surface area (Å²) in [6.45, 7) is 0.605. The number of amides is 1. The van der Waals surface area contributed by atoms with E-state index in [1.54, 1.807) is 13.2 Å². The van der Waals surface area contributed by atoms with Gasteiger partial charge in [-0.15, -0.1) is 0 Å². The van der Waals surface area contributed by atoms with Gasteiger partial charge in [0.1, 0.15) is 11.5 Å². The number of hydrogen-bond donors (Lipinski definition) is 1. The molecular weight excluding hydrogens is 326 g/mol. The summed E-state index contributed by atoms with van der Waals surface area (Å²) in [5.41, 5.74) is 2.13. The first-order valence-corrected chi connectivity index (χ1v) is 8.40. The first-order valence-electron chi connectivity index (χ1n) is 8.02. The number of benzene rings is 2. The molecule has 126 valence electrons. The van der Waals surface area contributed by atoms with Crippen LogP contribution in [0.25, 0.3) is 0 Å². The number of carbonyl (C=O) groups excluding carboxylic acids is 1. The van der Waals surface area contributed by atoms with Crippen LogP contribution in [0.15, 0.2) is 42.5 Å². The maximum Gasteiger partial charge on any atom is 0.261 e. The molecule has 0 radical (unpaired) electrons. The molecule has 1 N–H and O–H groups in total. The summed E-state index contributed by atoms with van der Waals surface area (Å²) >= 11 is 5.97. The molecular formula is C19H20ClNO3. The van der Waals surface area contributed by atoms with Crippen molar-refractivity contribution in [1.82, 2.24) is 5.32 Å². The first-order chi connectivity index (χ1) is 11.7. The number of nitrogens with one attached hydrogen (secondary N) is 1. The summed E-state index contributed by atoms with van der Waals surface area (Å²) in [6, 6.07) is 13.4. The van der Waals surface area contributed by atoms with Crippen LogP contribution < -0.4 is 14.8 Å². The zero-order valence-electron chi connectivity index (χ0n) is 13.5. The summed E-state index contributed by atoms with van der Waals surface area (Å²) in [4.78, 5) is 12.2. The Morgan fingerprint density at radius 1 is 1.33 bits per heavy atom. The summed E-state index contributed by atoms with van der Waals surface area (Å²) < 4.78 is 11.0. The summed E-state index contributed by atoms with van der Waals surface area (Å²) in [6.07, 6.45) is 1.79. The van der Waals surface area contributed by atoms with Crippen LogP contribution in [-0.4, -0.2) is 25.7 Å². The Labute approximate surface area is 146 Å². The molecule has 0 fully saturated rings. The van der Waals surface area contributed by atoms with Crippen LogP contribution in [-0.2, 0) is 17.6 Å². The fourth-order valence-corrected chi connectivity index (χ4v) is 3.07. The van der Waals surface area contributed by atoms with Gasteiger partial charge in [-0.05, 0) is 48.2 Å². The minimum Gasteiger partial charge on any atom is -0.496 e. The minimum absolute atomic E-state index is 0.0812. The van der Waals surface area contributed by atoms with E-state index in [2.05, 4.69) is 5.32 Å². The Hall–Kier alpha value is -2.20. The van der Waals surface area contributed by atoms with E-state index in [0.29, 0.717) is 18.0 Å². The van der Waals surface area contributed by atoms with E-state index in [9.17, 15) is 4.79 Å². The third-order valence-corrected chi connectivity index (χ3v) is 4.34. The number of ether oxygens (including phenoxy) is 2. The molecule has 2 aromatic rings. The molecule has 0 saturated carbocycles. The highest BCUT2D eigenvalue weighted by molar-refractivity contribution is 6.30. The standard InChI is InChI=1S/C19H20ClNO3/c1-23-16-7-3-2-5-13(16)6-4-10-21-19(22)18-12-14-11-15(20)8-9-17(14)24-18/h2-3,5,7-9,11,18H,4,6,10,12H2,1H3,(H,21,22)/t18-/m1/s1. The zero-order chi connectivity index (χ0) is 16.9. The average Bonchev–Trinajstić information content (AvgIpc) is 3.02. The van der Waals surface area contributed by atoms with Crippen molar-refractivity contribution in [3.05, 3.63) is 58.6 Å². The lowest BCUT2D eigenvalue weighted by Gasteiger charge is -2.12. The molecule has 0 saturated heterocycles. The normalized spacial score (nSPS) is 15.5. The molecule has 1 aliphatic heterocycles. The Morgan fingerprint density at radius 3 is 3.00 bits per heavy atom. The summed E-state index contributed by atoms with van der Waals surface area (Å²) in [5.74, 6) is 1.55. The van der Waals surface area contributed by atoms with Crippen LogP contribution in [0.4, 0.5) is 0 Å². The highest BCUT2D eigenvalue weighted by Crippen LogP contribution is 2.31. The van der Waals surface area contributed by atoms with Gasteiger partial charge in [-0.3, -0.25) is 4.79 Å². The van der Waals surface area contributed by atoms with Gasteiger partial charge < -0.3 is 14.8 Å². The van der Waals surface area contributed by atoms with E-state index >= 15 is 0 Å². The minimum atomic E-state index is -0.468. The number of rotatable bonds is 6. The largest absolute Gasteiger partial charge is 0.496 e. The van der Waals surface area contributed by atoms with Crippen LogP contribution in [0.1, 0.15) is 17.5 Å². The quantitative estimate of drug-likeness (QED) is 0.816. The highest BCUT2D eigenvalue weighted by atomic mass is 35.5. The van der Waals surface area contributed by atoms with E-state index < -0.39 is 6.10 Å². The van der Waals surface area contributed by atoms with Gasteiger partial charge in [-0.2, -0.15) is 0 Å². The second-order valence-electron chi connectivity index (χ2n) is 5.77. The molecule has 3 rings (SSSR count). The van der Waals surface area contributed by atoms with Gasteiger partial charge in [0.2, 0.25) is 0 Å². The number of hydrogen-bond acceptors (Lipinski definition) is 3. The average molecular weight is 346 g/mol. The maximum atomic E-state index is 12.2. The Bertz CT molecular complexity index is 732. The summed E-state index contributed by atoms with van der Waals surface area (Å²) in [5, 5.41) is 3.61. The van der Waals surface area contributed by atoms with Gasteiger partial charge in [-0.25, -0.2) is 0 Å². The van der Waals surface area contributed by atoms with Crippen LogP contribution in [0.2, 0.25) is 5.02 Å². The Morgan fingerprint density at radius 2 is 2.17 bits per heavy atom. The molecule has 1 atom stereocenters. The second-order valence-corrected chi connectivity index (χ2v) is 6.21. The van der Waals surface area contributed by atoms with E-state index in [-0.39, 0.29) is 5.91 Å². The van der Waals surface area contributed by atoms with E-state index in [1.807, 2.05) is 36.4 Å². The smallest absolute Gasteiger partial charge is 0.261 e. The molecule has 0 aromatic heterocycles. The van der Waals surface area contributed by atoms with Crippen LogP contribution in [0, 0.1) is 0 Å². The van der Waals surface area contributed by atoms with Crippen molar-refractivity contribution in [2.45, 2.75) is 25.4 Å². The second kappa shape index (κ2) is 7.58. The molecule has 0 spiro atoms. The van der Waals surface area contributed by atoms with Gasteiger partial charge in [-0.1, -0.05) is 29.8 Å². The Kier molecular flexibility index (Phi) is 5.26. The number of halogens is 1. The van der Waals surface area contributed by atoms with Crippen LogP contribution in [0.5, 0.6) is 11.5 Å². The van der Waals surface area contributed by atoms with Crippen molar-refractivity contribution in [2.75, 3.05) is 13.7 Å². The van der Waals surface area contributed by atoms with Gasteiger partial charge in [0.05, 0.1) is 7.11 Å². The van der Waals surface area contributed by atoms with Crippen LogP contribution >= 0.6 is 11.6 Å². The van der Waals surface area contributed by atoms with Gasteiger partial charge >= 0.3 is 0 Å². The molecule has 1 heterocycles. The molecule has 0 aliphatic carbocycles. The van der Waals surface area contributed by atoms with Crippen molar-refractivity contribution in [2.24, 2.45) is 0 Å². The predicted molar refractivity (Wildman–Crippen MR) is 93.9 cm³/mol. The lowest BCUT2D eigenvalue weighted by Crippen LogP contribution is -2.38. The number of fused-ring (bicyclic) bond motifs is 1. The first kappa shape index (κ1) is 16.7. The van der Waals surface area contributed by atoms with E-state index in [0.717, 1.165) is 35.5 Å². The van der Waals surface area contributed by atoms with Crippen molar-refractivity contribution < 1.29 is 14.3 Å². The van der Waals surface area contributed by atoms with Gasteiger partial charge in [0.15, 0.2) is 6.10 Å². The van der Waals surface area contributed by atoms with Crippen molar-refractivity contribution in [3.8, 4) is 11.5 Å². The van der Waals surface area contributed by atoms with Crippen molar-refractivity contribution in [3.63, 3.8) is 0 Å². The molecule has 4 nitrogen and oxygen atoms in total. The maximum absolute atomic E-state index is 12.2. The molecule has 0 bridgehead atoms. The lowest BCUT2D eigenvalue weighted by molar-refractivity contribution is -0.127. The number of aryl methyl sites for hydroxylation is 1. The third kappa shape index (κ3) is 3.82. The molecule has 1 aliphatic rings. The SMILES string of the molecule is COc1ccccc1CCCNC(=O)[C@H]1Cc2cc(Cl)ccc2O1.